The van der Waals surface area contributed by atoms with E-state index in [0.29, 0.717) is 6.54 Å². The zero-order valence-corrected chi connectivity index (χ0v) is 17.0. The zero-order valence-electron chi connectivity index (χ0n) is 17.0. The Hall–Kier alpha value is -2.63. The van der Waals surface area contributed by atoms with E-state index in [1.165, 1.54) is 6.42 Å². The van der Waals surface area contributed by atoms with Crippen molar-refractivity contribution in [1.82, 2.24) is 19.3 Å². The van der Waals surface area contributed by atoms with E-state index in [9.17, 15) is 4.79 Å². The second kappa shape index (κ2) is 7.78. The smallest absolute Gasteiger partial charge is 0.227 e. The molecule has 3 aromatic rings. The first-order chi connectivity index (χ1) is 13.5. The maximum Gasteiger partial charge on any atom is 0.227 e. The van der Waals surface area contributed by atoms with Gasteiger partial charge in [0, 0.05) is 23.8 Å². The average Bonchev–Trinajstić information content (AvgIpc) is 3.20. The van der Waals surface area contributed by atoms with E-state index < -0.39 is 0 Å². The third-order valence-electron chi connectivity index (χ3n) is 5.78. The quantitative estimate of drug-likeness (QED) is 0.713. The summed E-state index contributed by atoms with van der Waals surface area (Å²) < 4.78 is 4.22. The highest BCUT2D eigenvalue weighted by molar-refractivity contribution is 5.94. The number of rotatable bonds is 5. The van der Waals surface area contributed by atoms with Gasteiger partial charge in [-0.3, -0.25) is 9.48 Å². The molecule has 4 rings (SSSR count). The number of hydrogen-bond donors (Lipinski definition) is 1. The maximum absolute atomic E-state index is 12.6. The van der Waals surface area contributed by atoms with E-state index >= 15 is 0 Å². The van der Waals surface area contributed by atoms with Crippen molar-refractivity contribution in [3.8, 4) is 0 Å². The fraction of sp³-hybridized carbons (Fsp3) is 0.500. The third kappa shape index (κ3) is 3.68. The molecule has 6 heteroatoms. The molecule has 2 aromatic heterocycles. The van der Waals surface area contributed by atoms with Crippen LogP contribution in [-0.2, 0) is 17.9 Å². The minimum Gasteiger partial charge on any atom is -0.327 e. The van der Waals surface area contributed by atoms with Gasteiger partial charge in [0.15, 0.2) is 0 Å². The molecule has 0 aliphatic heterocycles. The third-order valence-corrected chi connectivity index (χ3v) is 5.78. The number of aromatic nitrogens is 4. The second-order valence-corrected chi connectivity index (χ2v) is 7.88. The molecule has 1 aliphatic carbocycles. The lowest BCUT2D eigenvalue weighted by Gasteiger charge is -2.20. The van der Waals surface area contributed by atoms with E-state index in [0.717, 1.165) is 66.2 Å². The number of imidazole rings is 1. The number of carbonyl (C=O) groups is 1. The van der Waals surface area contributed by atoms with E-state index in [2.05, 4.69) is 41.0 Å². The molecule has 0 saturated heterocycles. The molecule has 0 radical (unpaired) electrons. The van der Waals surface area contributed by atoms with Crippen LogP contribution in [0.25, 0.3) is 11.0 Å². The molecule has 0 unspecified atom stereocenters. The highest BCUT2D eigenvalue weighted by Crippen LogP contribution is 2.26. The largest absolute Gasteiger partial charge is 0.327 e. The van der Waals surface area contributed by atoms with Gasteiger partial charge < -0.3 is 9.88 Å². The summed E-state index contributed by atoms with van der Waals surface area (Å²) in [6.07, 6.45) is 5.58. The number of anilines is 1. The van der Waals surface area contributed by atoms with Gasteiger partial charge in [-0.05, 0) is 57.9 Å². The van der Waals surface area contributed by atoms with Crippen LogP contribution in [0, 0.1) is 19.8 Å². The van der Waals surface area contributed by atoms with Gasteiger partial charge in [-0.25, -0.2) is 4.98 Å². The summed E-state index contributed by atoms with van der Waals surface area (Å²) in [7, 11) is 0. The van der Waals surface area contributed by atoms with Gasteiger partial charge in [0.05, 0.1) is 23.3 Å². The molecule has 148 valence electrons. The van der Waals surface area contributed by atoms with Crippen LogP contribution in [0.4, 0.5) is 5.69 Å². The van der Waals surface area contributed by atoms with Crippen LogP contribution in [0.15, 0.2) is 24.3 Å². The number of nitrogens with zero attached hydrogens (tertiary/aromatic N) is 4. The van der Waals surface area contributed by atoms with Crippen molar-refractivity contribution in [3.05, 3.63) is 41.5 Å². The predicted octanol–water partition coefficient (Wildman–Crippen LogP) is 4.44. The summed E-state index contributed by atoms with van der Waals surface area (Å²) in [5.74, 6) is 1.29. The Bertz CT molecular complexity index is 994. The summed E-state index contributed by atoms with van der Waals surface area (Å²) in [5.41, 5.74) is 4.99. The highest BCUT2D eigenvalue weighted by Gasteiger charge is 2.21. The monoisotopic (exact) mass is 379 g/mol. The number of amides is 1. The van der Waals surface area contributed by atoms with Crippen LogP contribution in [0.5, 0.6) is 0 Å². The summed E-state index contributed by atoms with van der Waals surface area (Å²) in [6, 6.07) is 8.13. The van der Waals surface area contributed by atoms with E-state index in [1.54, 1.807) is 0 Å². The van der Waals surface area contributed by atoms with Crippen LogP contribution < -0.4 is 5.32 Å². The Labute approximate surface area is 166 Å². The molecule has 1 aromatic carbocycles. The van der Waals surface area contributed by atoms with Gasteiger partial charge in [-0.15, -0.1) is 0 Å². The van der Waals surface area contributed by atoms with Gasteiger partial charge in [0.2, 0.25) is 5.91 Å². The normalized spacial score (nSPS) is 15.2. The zero-order chi connectivity index (χ0) is 19.7. The van der Waals surface area contributed by atoms with Crippen molar-refractivity contribution in [2.45, 2.75) is 66.0 Å². The minimum absolute atomic E-state index is 0.150. The van der Waals surface area contributed by atoms with E-state index in [-0.39, 0.29) is 11.8 Å². The lowest BCUT2D eigenvalue weighted by molar-refractivity contribution is -0.120. The van der Waals surface area contributed by atoms with E-state index in [4.69, 9.17) is 4.98 Å². The molecule has 6 nitrogen and oxygen atoms in total. The number of hydrogen-bond acceptors (Lipinski definition) is 3. The Kier molecular flexibility index (Phi) is 5.20. The van der Waals surface area contributed by atoms with Crippen LogP contribution in [0.3, 0.4) is 0 Å². The van der Waals surface area contributed by atoms with Crippen molar-refractivity contribution < 1.29 is 4.79 Å². The molecule has 1 N–H and O–H groups in total. The van der Waals surface area contributed by atoms with Crippen LogP contribution in [-0.4, -0.2) is 25.2 Å². The van der Waals surface area contributed by atoms with Crippen molar-refractivity contribution in [2.75, 3.05) is 5.32 Å². The van der Waals surface area contributed by atoms with Crippen molar-refractivity contribution in [1.29, 1.82) is 0 Å². The molecule has 0 bridgehead atoms. The first-order valence-electron chi connectivity index (χ1n) is 10.4. The van der Waals surface area contributed by atoms with Gasteiger partial charge in [-0.2, -0.15) is 5.10 Å². The topological polar surface area (TPSA) is 64.7 Å². The van der Waals surface area contributed by atoms with Gasteiger partial charge in [0.1, 0.15) is 5.82 Å². The van der Waals surface area contributed by atoms with Crippen LogP contribution in [0.1, 0.15) is 56.2 Å². The SMILES string of the molecule is CCn1c(Cn2nc(C)cc2C)nc2cc(NC(=O)C3CCCCC3)ccc21. The number of fused-ring (bicyclic) bond motifs is 1. The lowest BCUT2D eigenvalue weighted by atomic mass is 9.88. The molecule has 0 atom stereocenters. The predicted molar refractivity (Wildman–Crippen MR) is 111 cm³/mol. The second-order valence-electron chi connectivity index (χ2n) is 7.88. The molecule has 28 heavy (non-hydrogen) atoms. The number of aryl methyl sites for hydroxylation is 3. The summed E-state index contributed by atoms with van der Waals surface area (Å²) in [6.45, 7) is 7.70. The number of benzene rings is 1. The highest BCUT2D eigenvalue weighted by atomic mass is 16.1. The van der Waals surface area contributed by atoms with Crippen LogP contribution in [0.2, 0.25) is 0 Å². The molecule has 2 heterocycles. The first kappa shape index (κ1) is 18.7. The Morgan fingerprint density at radius 2 is 1.96 bits per heavy atom. The molecule has 1 fully saturated rings. The van der Waals surface area contributed by atoms with Crippen molar-refractivity contribution in [3.63, 3.8) is 0 Å². The first-order valence-corrected chi connectivity index (χ1v) is 10.4. The standard InChI is InChI=1S/C22H29N5O/c1-4-26-20-11-10-18(23-22(28)17-8-6-5-7-9-17)13-19(20)24-21(26)14-27-16(3)12-15(2)25-27/h10-13,17H,4-9,14H2,1-3H3,(H,23,28). The molecular formula is C22H29N5O. The average molecular weight is 380 g/mol. The van der Waals surface area contributed by atoms with Crippen molar-refractivity contribution in [2.24, 2.45) is 5.92 Å². The van der Waals surface area contributed by atoms with Gasteiger partial charge >= 0.3 is 0 Å². The molecule has 1 amide bonds. The lowest BCUT2D eigenvalue weighted by Crippen LogP contribution is -2.24. The summed E-state index contributed by atoms with van der Waals surface area (Å²) >= 11 is 0. The number of nitrogens with one attached hydrogen (secondary N) is 1. The Balaban J connectivity index is 1.59. The molecule has 1 aliphatic rings. The Morgan fingerprint density at radius 1 is 1.18 bits per heavy atom. The van der Waals surface area contributed by atoms with E-state index in [1.807, 2.05) is 23.7 Å². The van der Waals surface area contributed by atoms with Gasteiger partial charge in [0.25, 0.3) is 0 Å². The molecule has 0 spiro atoms. The maximum atomic E-state index is 12.6. The molecule has 1 saturated carbocycles. The van der Waals surface area contributed by atoms with Crippen LogP contribution >= 0.6 is 0 Å². The minimum atomic E-state index is 0.150. The Morgan fingerprint density at radius 3 is 2.64 bits per heavy atom. The summed E-state index contributed by atoms with van der Waals surface area (Å²) in [5, 5.41) is 7.67. The fourth-order valence-electron chi connectivity index (χ4n) is 4.31. The van der Waals surface area contributed by atoms with Gasteiger partial charge in [-0.1, -0.05) is 19.3 Å². The molecular weight excluding hydrogens is 350 g/mol. The summed E-state index contributed by atoms with van der Waals surface area (Å²) in [4.78, 5) is 17.4. The number of carbonyl (C=O) groups excluding carboxylic acids is 1. The fourth-order valence-corrected chi connectivity index (χ4v) is 4.31. The van der Waals surface area contributed by atoms with Crippen molar-refractivity contribution >= 4 is 22.6 Å².